The monoisotopic (exact) mass is 496 g/mol. The average Bonchev–Trinajstić information content (AvgIpc) is 2.69. The van der Waals surface area contributed by atoms with Crippen LogP contribution in [0.15, 0.2) is 43.0 Å². The summed E-state index contributed by atoms with van der Waals surface area (Å²) in [4.78, 5) is 61.0. The molecule has 14 heteroatoms. The summed E-state index contributed by atoms with van der Waals surface area (Å²) in [6.07, 6.45) is 6.51. The summed E-state index contributed by atoms with van der Waals surface area (Å²) >= 11 is 0. The number of rotatable bonds is 2. The van der Waals surface area contributed by atoms with Crippen LogP contribution in [0, 0.1) is 6.92 Å². The Labute approximate surface area is 188 Å². The predicted octanol–water partition coefficient (Wildman–Crippen LogP) is 2.47. The van der Waals surface area contributed by atoms with E-state index in [0.29, 0.717) is 5.56 Å². The van der Waals surface area contributed by atoms with E-state index < -0.39 is 15.2 Å². The number of aromatic nitrogens is 2. The highest BCUT2D eigenvalue weighted by atomic mass is 36.0. The molecule has 170 valence electrons. The predicted molar refractivity (Wildman–Crippen MR) is 108 cm³/mol. The summed E-state index contributed by atoms with van der Waals surface area (Å²) in [6, 6.07) is 4.82. The van der Waals surface area contributed by atoms with Crippen molar-refractivity contribution in [2.45, 2.75) is 14.4 Å². The van der Waals surface area contributed by atoms with Crippen LogP contribution < -0.4 is 0 Å². The molecule has 2 aromatic heterocycles. The highest BCUT2D eigenvalue weighted by molar-refractivity contribution is 8.26. The van der Waals surface area contributed by atoms with Gasteiger partial charge in [0.05, 0.1) is 18.2 Å². The topological polar surface area (TPSA) is 175 Å². The number of aryl methyl sites for hydroxylation is 1. The second kappa shape index (κ2) is 24.8. The van der Waals surface area contributed by atoms with Gasteiger partial charge >= 0.3 is 24.2 Å². The van der Waals surface area contributed by atoms with Crippen molar-refractivity contribution in [3.63, 3.8) is 0 Å². The summed E-state index contributed by atoms with van der Waals surface area (Å²) in [5, 5.41) is 8.34. The third kappa shape index (κ3) is 26.7. The number of ether oxygens (including phenoxy) is 1. The summed E-state index contributed by atoms with van der Waals surface area (Å²) in [5.74, 6) is -1.29. The number of hydrogen-bond acceptors (Lipinski definition) is 10. The minimum atomic E-state index is -1.67. The fraction of sp³-hybridized carbons (Fsp3) is 0.176. The minimum Gasteiger partial charge on any atom is -0.478 e. The first-order chi connectivity index (χ1) is 14.1. The van der Waals surface area contributed by atoms with Gasteiger partial charge < -0.3 is 9.84 Å². The van der Waals surface area contributed by atoms with Crippen molar-refractivity contribution in [2.75, 3.05) is 7.11 Å². The molecule has 0 spiro atoms. The van der Waals surface area contributed by atoms with E-state index in [9.17, 15) is 9.59 Å². The summed E-state index contributed by atoms with van der Waals surface area (Å²) in [7, 11) is 8.71. The van der Waals surface area contributed by atoms with Gasteiger partial charge in [-0.3, -0.25) is 9.97 Å². The molecule has 0 fully saturated rings. The van der Waals surface area contributed by atoms with Crippen molar-refractivity contribution < 1.29 is 42.8 Å². The molecule has 0 aliphatic carbocycles. The Hall–Kier alpha value is -3.27. The summed E-state index contributed by atoms with van der Waals surface area (Å²) in [6.45, 7) is 1.87. The van der Waals surface area contributed by atoms with Crippen molar-refractivity contribution in [3.05, 3.63) is 59.7 Å². The molecule has 0 unspecified atom stereocenters. The van der Waals surface area contributed by atoms with Crippen LogP contribution >= 0.6 is 21.4 Å². The van der Waals surface area contributed by atoms with Crippen LogP contribution in [-0.4, -0.2) is 50.6 Å². The maximum absolute atomic E-state index is 10.9. The molecule has 0 saturated carbocycles. The van der Waals surface area contributed by atoms with Gasteiger partial charge in [0.2, 0.25) is 9.23 Å². The lowest BCUT2D eigenvalue weighted by atomic mass is 10.2. The maximum Gasteiger partial charge on any atom is 0.373 e. The first kappa shape index (κ1) is 35.2. The van der Waals surface area contributed by atoms with Crippen LogP contribution in [0.4, 0.5) is 0 Å². The third-order valence-electron chi connectivity index (χ3n) is 2.20. The van der Waals surface area contributed by atoms with Gasteiger partial charge in [-0.15, -0.1) is 0 Å². The SMILES string of the molecule is C.COC(=O)c1cncc(C)c1.O=C(O)c1cccnc1.O=C=O.O=C=O.O=S(Cl)Cl. The third-order valence-corrected chi connectivity index (χ3v) is 2.20. The molecule has 0 radical (unpaired) electrons. The number of carbonyl (C=O) groups excluding carboxylic acids is 5. The number of halogens is 2. The number of carbonyl (C=O) groups is 2. The van der Waals surface area contributed by atoms with E-state index in [0.717, 1.165) is 5.56 Å². The molecule has 0 aliphatic heterocycles. The molecule has 2 rings (SSSR count). The molecule has 0 saturated heterocycles. The molecule has 31 heavy (non-hydrogen) atoms. The van der Waals surface area contributed by atoms with E-state index in [-0.39, 0.29) is 31.3 Å². The quantitative estimate of drug-likeness (QED) is 0.477. The van der Waals surface area contributed by atoms with E-state index in [1.54, 1.807) is 18.3 Å². The van der Waals surface area contributed by atoms with Crippen LogP contribution in [0.5, 0.6) is 0 Å². The van der Waals surface area contributed by atoms with Gasteiger partial charge in [-0.05, 0) is 30.7 Å². The number of esters is 1. The van der Waals surface area contributed by atoms with Crippen molar-refractivity contribution in [1.82, 2.24) is 9.97 Å². The van der Waals surface area contributed by atoms with Crippen LogP contribution in [0.25, 0.3) is 0 Å². The first-order valence-electron chi connectivity index (χ1n) is 6.97. The van der Waals surface area contributed by atoms with Gasteiger partial charge in [0.15, 0.2) is 0 Å². The maximum atomic E-state index is 10.9. The van der Waals surface area contributed by atoms with Crippen LogP contribution in [0.1, 0.15) is 33.7 Å². The standard InChI is InChI=1S/C8H9NO2.C6H5NO2.2CO2.CH4.Cl2OS/c1-6-3-7(5-9-4-6)8(10)11-2;8-6(9)5-2-1-3-7-4-5;2*2-1-3;;1-4(2)3/h3-5H,1-2H3;1-4H,(H,8,9);;;1H4;. The van der Waals surface area contributed by atoms with E-state index in [1.165, 1.54) is 31.8 Å². The molecule has 0 aliphatic rings. The molecule has 0 atom stereocenters. The second-order valence-corrected chi connectivity index (χ2v) is 6.66. The molecule has 11 nitrogen and oxygen atoms in total. The Morgan fingerprint density at radius 3 is 1.77 bits per heavy atom. The van der Waals surface area contributed by atoms with E-state index in [4.69, 9.17) is 28.5 Å². The van der Waals surface area contributed by atoms with Gasteiger partial charge in [0, 0.05) is 46.2 Å². The van der Waals surface area contributed by atoms with E-state index in [1.807, 2.05) is 6.92 Å². The van der Waals surface area contributed by atoms with E-state index >= 15 is 0 Å². The minimum absolute atomic E-state index is 0. The molecule has 0 bridgehead atoms. The Morgan fingerprint density at radius 2 is 1.48 bits per heavy atom. The van der Waals surface area contributed by atoms with Gasteiger partial charge in [-0.1, -0.05) is 7.43 Å². The summed E-state index contributed by atoms with van der Waals surface area (Å²) in [5.41, 5.74) is 1.66. The Bertz CT molecular complexity index is 840. The number of hydrogen-bond donors (Lipinski definition) is 1. The number of nitrogens with zero attached hydrogens (tertiary/aromatic N) is 2. The highest BCUT2D eigenvalue weighted by Gasteiger charge is 2.03. The van der Waals surface area contributed by atoms with Crippen molar-refractivity contribution in [2.24, 2.45) is 0 Å². The number of pyridine rings is 2. The molecule has 2 heterocycles. The normalized spacial score (nSPS) is 7.52. The van der Waals surface area contributed by atoms with Gasteiger partial charge in [0.25, 0.3) is 0 Å². The van der Waals surface area contributed by atoms with Crippen LogP contribution in [0.2, 0.25) is 0 Å². The fourth-order valence-electron chi connectivity index (χ4n) is 1.27. The van der Waals surface area contributed by atoms with Crippen molar-refractivity contribution in [1.29, 1.82) is 0 Å². The Morgan fingerprint density at radius 1 is 1.03 bits per heavy atom. The Balaban J connectivity index is -0.000000164. The molecular formula is C17H18Cl2N2O9S. The molecule has 2 aromatic rings. The lowest BCUT2D eigenvalue weighted by Crippen LogP contribution is -2.01. The first-order valence-corrected chi connectivity index (χ1v) is 9.77. The highest BCUT2D eigenvalue weighted by Crippen LogP contribution is 2.01. The largest absolute Gasteiger partial charge is 0.478 e. The smallest absolute Gasteiger partial charge is 0.373 e. The number of carboxylic acid groups (broad SMARTS) is 1. The van der Waals surface area contributed by atoms with Gasteiger partial charge in [-0.2, -0.15) is 19.2 Å². The molecule has 1 N–H and O–H groups in total. The zero-order valence-corrected chi connectivity index (χ0v) is 17.6. The molecule has 0 aromatic carbocycles. The fourth-order valence-corrected chi connectivity index (χ4v) is 1.27. The number of aromatic carboxylic acids is 1. The van der Waals surface area contributed by atoms with E-state index in [2.05, 4.69) is 36.1 Å². The number of methoxy groups -OCH3 is 1. The van der Waals surface area contributed by atoms with Crippen LogP contribution in [-0.2, 0) is 33.1 Å². The van der Waals surface area contributed by atoms with Gasteiger partial charge in [0.1, 0.15) is 0 Å². The summed E-state index contributed by atoms with van der Waals surface area (Å²) < 4.78 is 13.6. The van der Waals surface area contributed by atoms with Crippen molar-refractivity contribution >= 4 is 54.8 Å². The second-order valence-electron chi connectivity index (χ2n) is 4.14. The lowest BCUT2D eigenvalue weighted by molar-refractivity contribution is -0.193. The zero-order chi connectivity index (χ0) is 23.9. The lowest BCUT2D eigenvalue weighted by Gasteiger charge is -1.97. The van der Waals surface area contributed by atoms with Crippen molar-refractivity contribution in [3.8, 4) is 0 Å². The Kier molecular flexibility index (Phi) is 28.1. The molecular weight excluding hydrogens is 479 g/mol. The van der Waals surface area contributed by atoms with Gasteiger partial charge in [-0.25, -0.2) is 13.8 Å². The average molecular weight is 497 g/mol. The zero-order valence-electron chi connectivity index (χ0n) is 15.3. The number of carboxylic acids is 1. The van der Waals surface area contributed by atoms with Crippen LogP contribution in [0.3, 0.4) is 0 Å². The molecule has 0 amide bonds.